The van der Waals surface area contributed by atoms with Crippen molar-refractivity contribution < 1.29 is 28.2 Å². The molecule has 1 fully saturated rings. The van der Waals surface area contributed by atoms with E-state index in [1.54, 1.807) is 27.7 Å². The van der Waals surface area contributed by atoms with Crippen molar-refractivity contribution in [2.24, 2.45) is 0 Å². The normalized spacial score (nSPS) is 23.5. The van der Waals surface area contributed by atoms with Crippen LogP contribution in [-0.2, 0) is 29.0 Å². The van der Waals surface area contributed by atoms with Gasteiger partial charge in [-0.3, -0.25) is 14.3 Å². The molecule has 2 heterocycles. The fourth-order valence-electron chi connectivity index (χ4n) is 2.67. The molecule has 1 aromatic heterocycles. The van der Waals surface area contributed by atoms with Gasteiger partial charge in [-0.2, -0.15) is 0 Å². The Hall–Kier alpha value is -1.29. The van der Waals surface area contributed by atoms with Gasteiger partial charge in [0.25, 0.3) is 11.5 Å². The monoisotopic (exact) mass is 406 g/mol. The van der Waals surface area contributed by atoms with Crippen molar-refractivity contribution in [2.75, 3.05) is 13.0 Å². The Labute approximate surface area is 156 Å². The van der Waals surface area contributed by atoms with E-state index < -0.39 is 30.9 Å². The molecule has 27 heavy (non-hydrogen) atoms. The van der Waals surface area contributed by atoms with Crippen LogP contribution in [0.3, 0.4) is 0 Å². The lowest BCUT2D eigenvalue weighted by molar-refractivity contribution is -0.237. The van der Waals surface area contributed by atoms with Gasteiger partial charge < -0.3 is 23.6 Å². The number of ether oxygens (including phenoxy) is 2. The molecule has 1 saturated heterocycles. The van der Waals surface area contributed by atoms with Crippen LogP contribution in [0.2, 0.25) is 0 Å². The number of aromatic nitrogens is 2. The number of aryl methyl sites for hydroxylation is 1. The third kappa shape index (κ3) is 5.60. The third-order valence-corrected chi connectivity index (χ3v) is 5.65. The minimum atomic E-state index is -3.50. The Morgan fingerprint density at radius 1 is 1.33 bits per heavy atom. The molecule has 1 aromatic rings. The second-order valence-electron chi connectivity index (χ2n) is 7.04. The van der Waals surface area contributed by atoms with Crippen LogP contribution < -0.4 is 11.2 Å². The predicted molar refractivity (Wildman–Crippen MR) is 96.6 cm³/mol. The quantitative estimate of drug-likeness (QED) is 0.617. The van der Waals surface area contributed by atoms with E-state index in [0.717, 1.165) is 4.57 Å². The summed E-state index contributed by atoms with van der Waals surface area (Å²) >= 11 is 0. The van der Waals surface area contributed by atoms with E-state index in [2.05, 4.69) is 4.98 Å². The molecule has 0 bridgehead atoms. The maximum Gasteiger partial charge on any atom is 0.356 e. The molecular weight excluding hydrogens is 379 g/mol. The topological polar surface area (TPSA) is 129 Å². The molecule has 154 valence electrons. The van der Waals surface area contributed by atoms with Gasteiger partial charge in [0.05, 0.1) is 31.3 Å². The van der Waals surface area contributed by atoms with E-state index >= 15 is 0 Å². The number of nitrogens with one attached hydrogen (secondary N) is 1. The number of hydrogen-bond donors (Lipinski definition) is 2. The van der Waals surface area contributed by atoms with Crippen LogP contribution in [0.15, 0.2) is 15.8 Å². The molecule has 1 aliphatic rings. The minimum Gasteiger partial charge on any atom is -0.363 e. The van der Waals surface area contributed by atoms with Gasteiger partial charge in [0.2, 0.25) is 0 Å². The van der Waals surface area contributed by atoms with Crippen LogP contribution in [-0.4, -0.2) is 45.9 Å². The SMILES string of the molecule is Cc1cn([C@@]2(O)C[C@H](OCP(=O)(OC(C)C)OC(C)C)CO2)c(=O)[nH]c1=O. The third-order valence-electron chi connectivity index (χ3n) is 3.70. The van der Waals surface area contributed by atoms with Crippen LogP contribution in [0.25, 0.3) is 0 Å². The van der Waals surface area contributed by atoms with Gasteiger partial charge in [-0.15, -0.1) is 0 Å². The van der Waals surface area contributed by atoms with Gasteiger partial charge >= 0.3 is 13.3 Å². The molecule has 10 nitrogen and oxygen atoms in total. The summed E-state index contributed by atoms with van der Waals surface area (Å²) in [6.07, 6.45) is -0.475. The first-order chi connectivity index (χ1) is 12.4. The zero-order valence-corrected chi connectivity index (χ0v) is 17.0. The Morgan fingerprint density at radius 3 is 2.48 bits per heavy atom. The maximum absolute atomic E-state index is 12.8. The smallest absolute Gasteiger partial charge is 0.356 e. The van der Waals surface area contributed by atoms with E-state index in [9.17, 15) is 19.3 Å². The number of aromatic amines is 1. The highest BCUT2D eigenvalue weighted by atomic mass is 31.2. The van der Waals surface area contributed by atoms with Crippen LogP contribution in [0.5, 0.6) is 0 Å². The van der Waals surface area contributed by atoms with Crippen molar-refractivity contribution >= 4 is 7.60 Å². The largest absolute Gasteiger partial charge is 0.363 e. The molecule has 0 amide bonds. The molecule has 0 aliphatic carbocycles. The summed E-state index contributed by atoms with van der Waals surface area (Å²) in [6, 6.07) is 0. The number of aliphatic hydroxyl groups is 1. The highest BCUT2D eigenvalue weighted by molar-refractivity contribution is 7.53. The average molecular weight is 406 g/mol. The van der Waals surface area contributed by atoms with Gasteiger partial charge in [0, 0.05) is 11.8 Å². The molecule has 11 heteroatoms. The van der Waals surface area contributed by atoms with Crippen LogP contribution in [0.4, 0.5) is 0 Å². The number of H-pyrrole nitrogens is 1. The van der Waals surface area contributed by atoms with Gasteiger partial charge in [-0.25, -0.2) is 9.36 Å². The standard InChI is InChI=1S/C16H27N2O8P/c1-10(2)25-27(22,26-11(3)4)9-23-13-6-16(21,24-8-13)18-7-12(5)14(19)17-15(18)20/h7,10-11,13,21H,6,8-9H2,1-5H3,(H,17,19,20)/t13-,16+/m0/s1. The van der Waals surface area contributed by atoms with Crippen molar-refractivity contribution in [3.8, 4) is 0 Å². The van der Waals surface area contributed by atoms with Crippen molar-refractivity contribution in [3.63, 3.8) is 0 Å². The highest BCUT2D eigenvalue weighted by Gasteiger charge is 2.43. The van der Waals surface area contributed by atoms with E-state index in [0.29, 0.717) is 0 Å². The lowest BCUT2D eigenvalue weighted by Crippen LogP contribution is -2.44. The van der Waals surface area contributed by atoms with E-state index in [4.69, 9.17) is 18.5 Å². The lowest BCUT2D eigenvalue weighted by atomic mass is 10.2. The maximum atomic E-state index is 12.8. The Morgan fingerprint density at radius 2 is 1.93 bits per heavy atom. The van der Waals surface area contributed by atoms with Crippen LogP contribution in [0.1, 0.15) is 39.7 Å². The van der Waals surface area contributed by atoms with Crippen LogP contribution >= 0.6 is 7.60 Å². The summed E-state index contributed by atoms with van der Waals surface area (Å²) in [5.41, 5.74) is -1.09. The average Bonchev–Trinajstić information content (AvgIpc) is 2.90. The predicted octanol–water partition coefficient (Wildman–Crippen LogP) is 1.25. The molecule has 1 aliphatic heterocycles. The highest BCUT2D eigenvalue weighted by Crippen LogP contribution is 2.51. The second kappa shape index (κ2) is 8.38. The van der Waals surface area contributed by atoms with Gasteiger partial charge in [-0.05, 0) is 34.6 Å². The van der Waals surface area contributed by atoms with E-state index in [1.807, 2.05) is 0 Å². The van der Waals surface area contributed by atoms with Crippen molar-refractivity contribution in [1.82, 2.24) is 9.55 Å². The Balaban J connectivity index is 2.09. The molecule has 2 rings (SSSR count). The van der Waals surface area contributed by atoms with Crippen molar-refractivity contribution in [3.05, 3.63) is 32.6 Å². The van der Waals surface area contributed by atoms with Crippen LogP contribution in [0, 0.1) is 6.92 Å². The Bertz CT molecular complexity index is 803. The summed E-state index contributed by atoms with van der Waals surface area (Å²) in [5, 5.41) is 10.7. The lowest BCUT2D eigenvalue weighted by Gasteiger charge is -2.25. The zero-order valence-electron chi connectivity index (χ0n) is 16.1. The summed E-state index contributed by atoms with van der Waals surface area (Å²) in [4.78, 5) is 25.6. The number of hydrogen-bond acceptors (Lipinski definition) is 8. The van der Waals surface area contributed by atoms with E-state index in [1.165, 1.54) is 13.1 Å². The van der Waals surface area contributed by atoms with Gasteiger partial charge in [-0.1, -0.05) is 0 Å². The molecule has 0 spiro atoms. The van der Waals surface area contributed by atoms with Crippen molar-refractivity contribution in [1.29, 1.82) is 0 Å². The zero-order chi connectivity index (χ0) is 20.4. The fraction of sp³-hybridized carbons (Fsp3) is 0.750. The number of rotatable bonds is 8. The van der Waals surface area contributed by atoms with E-state index in [-0.39, 0.29) is 37.1 Å². The fourth-order valence-corrected chi connectivity index (χ4v) is 4.52. The number of nitrogens with zero attached hydrogens (tertiary/aromatic N) is 1. The first-order valence-corrected chi connectivity index (χ1v) is 10.4. The first kappa shape index (κ1) is 22.0. The molecule has 0 unspecified atom stereocenters. The Kier molecular flexibility index (Phi) is 6.83. The molecule has 2 atom stereocenters. The molecule has 2 N–H and O–H groups in total. The summed E-state index contributed by atoms with van der Waals surface area (Å²) in [7, 11) is -3.50. The molecule has 0 radical (unpaired) electrons. The van der Waals surface area contributed by atoms with Gasteiger partial charge in [0.1, 0.15) is 6.35 Å². The molecule has 0 aromatic carbocycles. The molecular formula is C16H27N2O8P. The van der Waals surface area contributed by atoms with Gasteiger partial charge in [0.15, 0.2) is 0 Å². The minimum absolute atomic E-state index is 0.0372. The van der Waals surface area contributed by atoms with Crippen molar-refractivity contribution in [2.45, 2.75) is 65.3 Å². The second-order valence-corrected chi connectivity index (χ2v) is 8.94. The summed E-state index contributed by atoms with van der Waals surface area (Å²) in [5.74, 6) is -1.97. The first-order valence-electron chi connectivity index (χ1n) is 8.71. The summed E-state index contributed by atoms with van der Waals surface area (Å²) < 4.78 is 35.4. The molecule has 0 saturated carbocycles. The summed E-state index contributed by atoms with van der Waals surface area (Å²) in [6.45, 7) is 8.41.